The van der Waals surface area contributed by atoms with Crippen molar-refractivity contribution >= 4 is 21.6 Å². The predicted octanol–water partition coefficient (Wildman–Crippen LogP) is 4.03. The summed E-state index contributed by atoms with van der Waals surface area (Å²) < 4.78 is 1.01. The van der Waals surface area contributed by atoms with Gasteiger partial charge in [-0.25, -0.2) is 0 Å². The van der Waals surface area contributed by atoms with Crippen LogP contribution in [0.3, 0.4) is 0 Å². The highest BCUT2D eigenvalue weighted by Crippen LogP contribution is 2.32. The molecule has 0 saturated heterocycles. The minimum atomic E-state index is -0.357. The number of anilines is 1. The first-order valence-electron chi connectivity index (χ1n) is 9.14. The first kappa shape index (κ1) is 18.0. The van der Waals surface area contributed by atoms with Crippen molar-refractivity contribution in [3.8, 4) is 0 Å². The fourth-order valence-corrected chi connectivity index (χ4v) is 4.72. The zero-order valence-corrected chi connectivity index (χ0v) is 16.3. The third-order valence-electron chi connectivity index (χ3n) is 5.78. The molecule has 24 heavy (non-hydrogen) atoms. The molecule has 4 N–H and O–H groups in total. The molecule has 1 fully saturated rings. The van der Waals surface area contributed by atoms with Gasteiger partial charge in [0, 0.05) is 22.2 Å². The van der Waals surface area contributed by atoms with E-state index in [-0.39, 0.29) is 18.2 Å². The molecule has 1 aliphatic heterocycles. The summed E-state index contributed by atoms with van der Waals surface area (Å²) in [7, 11) is 0. The summed E-state index contributed by atoms with van der Waals surface area (Å²) in [5.41, 5.74) is 10.7. The molecule has 132 valence electrons. The Bertz CT molecular complexity index is 623. The number of hydrogen-bond donors (Lipinski definition) is 3. The normalized spacial score (nSPS) is 28.2. The molecular formula is C20H29BrN2O. The van der Waals surface area contributed by atoms with Crippen LogP contribution in [0, 0.1) is 19.8 Å². The first-order valence-corrected chi connectivity index (χ1v) is 9.93. The summed E-state index contributed by atoms with van der Waals surface area (Å²) in [6.45, 7) is 4.26. The maximum Gasteiger partial charge on any atom is 0.0877 e. The number of benzene rings is 1. The minimum Gasteiger partial charge on any atom is -0.398 e. The molecule has 1 aromatic rings. The number of aliphatic hydroxyl groups excluding tert-OH is 1. The van der Waals surface area contributed by atoms with Crippen LogP contribution in [0.25, 0.3) is 0 Å². The van der Waals surface area contributed by atoms with Gasteiger partial charge < -0.3 is 16.2 Å². The smallest absolute Gasteiger partial charge is 0.0877 e. The molecule has 2 aliphatic rings. The lowest BCUT2D eigenvalue weighted by Gasteiger charge is -2.38. The average Bonchev–Trinajstić information content (AvgIpc) is 2.59. The van der Waals surface area contributed by atoms with Gasteiger partial charge in [0.1, 0.15) is 0 Å². The van der Waals surface area contributed by atoms with Crippen LogP contribution in [-0.4, -0.2) is 23.3 Å². The molecule has 0 radical (unpaired) electrons. The highest BCUT2D eigenvalue weighted by Gasteiger charge is 2.32. The number of nitrogens with one attached hydrogen (secondary N) is 1. The van der Waals surface area contributed by atoms with Gasteiger partial charge in [-0.3, -0.25) is 0 Å². The Morgan fingerprint density at radius 3 is 2.62 bits per heavy atom. The SMILES string of the molecule is Cc1cc(N)c(Br)c(C)c1CC1C=CC(O)C(C2CCCCC2)N1. The van der Waals surface area contributed by atoms with Gasteiger partial charge in [0.15, 0.2) is 0 Å². The summed E-state index contributed by atoms with van der Waals surface area (Å²) in [6.07, 6.45) is 11.1. The molecule has 1 heterocycles. The van der Waals surface area contributed by atoms with Crippen LogP contribution in [0.2, 0.25) is 0 Å². The third kappa shape index (κ3) is 3.71. The van der Waals surface area contributed by atoms with E-state index < -0.39 is 0 Å². The number of nitrogen functional groups attached to an aromatic ring is 1. The molecule has 3 unspecified atom stereocenters. The molecule has 3 nitrogen and oxygen atoms in total. The lowest BCUT2D eigenvalue weighted by atomic mass is 9.79. The molecule has 4 heteroatoms. The van der Waals surface area contributed by atoms with Crippen molar-refractivity contribution in [3.63, 3.8) is 0 Å². The second-order valence-electron chi connectivity index (χ2n) is 7.48. The van der Waals surface area contributed by atoms with E-state index in [1.807, 2.05) is 12.1 Å². The molecule has 0 aromatic heterocycles. The Hall–Kier alpha value is -0.840. The van der Waals surface area contributed by atoms with Gasteiger partial charge >= 0.3 is 0 Å². The highest BCUT2D eigenvalue weighted by atomic mass is 79.9. The van der Waals surface area contributed by atoms with Gasteiger partial charge in [-0.2, -0.15) is 0 Å². The van der Waals surface area contributed by atoms with E-state index in [9.17, 15) is 5.11 Å². The number of rotatable bonds is 3. The average molecular weight is 393 g/mol. The maximum absolute atomic E-state index is 10.4. The van der Waals surface area contributed by atoms with Crippen LogP contribution in [-0.2, 0) is 6.42 Å². The van der Waals surface area contributed by atoms with Crippen molar-refractivity contribution in [1.29, 1.82) is 0 Å². The van der Waals surface area contributed by atoms with Gasteiger partial charge in [-0.05, 0) is 77.7 Å². The van der Waals surface area contributed by atoms with Crippen LogP contribution in [0.5, 0.6) is 0 Å². The molecule has 0 spiro atoms. The van der Waals surface area contributed by atoms with Gasteiger partial charge in [0.2, 0.25) is 0 Å². The van der Waals surface area contributed by atoms with Crippen molar-refractivity contribution in [1.82, 2.24) is 5.32 Å². The van der Waals surface area contributed by atoms with Crippen LogP contribution in [0.15, 0.2) is 22.7 Å². The van der Waals surface area contributed by atoms with Crippen molar-refractivity contribution < 1.29 is 5.11 Å². The number of aliphatic hydroxyl groups is 1. The molecule has 1 aliphatic carbocycles. The molecule has 3 rings (SSSR count). The van der Waals surface area contributed by atoms with E-state index in [0.717, 1.165) is 16.6 Å². The van der Waals surface area contributed by atoms with E-state index in [2.05, 4.69) is 41.2 Å². The number of hydrogen-bond acceptors (Lipinski definition) is 3. The van der Waals surface area contributed by atoms with E-state index >= 15 is 0 Å². The third-order valence-corrected chi connectivity index (χ3v) is 6.83. The molecule has 0 amide bonds. The van der Waals surface area contributed by atoms with E-state index in [4.69, 9.17) is 5.73 Å². The standard InChI is InChI=1S/C20H29BrN2O/c1-12-10-17(22)19(21)13(2)16(12)11-15-8-9-18(24)20(23-15)14-6-4-3-5-7-14/h8-10,14-15,18,20,23-24H,3-7,11,22H2,1-2H3. The summed E-state index contributed by atoms with van der Waals surface area (Å²) in [5, 5.41) is 14.1. The summed E-state index contributed by atoms with van der Waals surface area (Å²) >= 11 is 3.61. The number of nitrogens with two attached hydrogens (primary N) is 1. The van der Waals surface area contributed by atoms with Crippen LogP contribution in [0.4, 0.5) is 5.69 Å². The van der Waals surface area contributed by atoms with Gasteiger partial charge in [-0.15, -0.1) is 0 Å². The Morgan fingerprint density at radius 1 is 1.21 bits per heavy atom. The van der Waals surface area contributed by atoms with Crippen LogP contribution >= 0.6 is 15.9 Å². The second-order valence-corrected chi connectivity index (χ2v) is 8.27. The molecule has 3 atom stereocenters. The topological polar surface area (TPSA) is 58.3 Å². The van der Waals surface area contributed by atoms with Gasteiger partial charge in [0.25, 0.3) is 0 Å². The molecule has 1 aromatic carbocycles. The number of aryl methyl sites for hydroxylation is 1. The maximum atomic E-state index is 10.4. The van der Waals surface area contributed by atoms with Crippen molar-refractivity contribution in [2.24, 2.45) is 5.92 Å². The monoisotopic (exact) mass is 392 g/mol. The van der Waals surface area contributed by atoms with Crippen LogP contribution in [0.1, 0.15) is 48.8 Å². The Balaban J connectivity index is 1.76. The fourth-order valence-electron chi connectivity index (χ4n) is 4.37. The first-order chi connectivity index (χ1) is 11.5. The molecule has 1 saturated carbocycles. The summed E-state index contributed by atoms with van der Waals surface area (Å²) in [4.78, 5) is 0. The Kier molecular flexibility index (Phi) is 5.68. The zero-order chi connectivity index (χ0) is 17.3. The van der Waals surface area contributed by atoms with E-state index in [0.29, 0.717) is 5.92 Å². The van der Waals surface area contributed by atoms with Crippen molar-refractivity contribution in [2.45, 2.75) is 70.6 Å². The van der Waals surface area contributed by atoms with Crippen molar-refractivity contribution in [2.75, 3.05) is 5.73 Å². The van der Waals surface area contributed by atoms with Gasteiger partial charge in [0.05, 0.1) is 6.10 Å². The van der Waals surface area contributed by atoms with E-state index in [1.54, 1.807) is 0 Å². The molecular weight excluding hydrogens is 364 g/mol. The molecule has 0 bridgehead atoms. The Morgan fingerprint density at radius 2 is 1.92 bits per heavy atom. The van der Waals surface area contributed by atoms with Crippen LogP contribution < -0.4 is 11.1 Å². The fraction of sp³-hybridized carbons (Fsp3) is 0.600. The van der Waals surface area contributed by atoms with Gasteiger partial charge in [-0.1, -0.05) is 31.4 Å². The minimum absolute atomic E-state index is 0.193. The number of halogens is 1. The largest absolute Gasteiger partial charge is 0.398 e. The Labute approximate surface area is 153 Å². The lowest BCUT2D eigenvalue weighted by molar-refractivity contribution is 0.106. The van der Waals surface area contributed by atoms with Crippen molar-refractivity contribution in [3.05, 3.63) is 39.4 Å². The second kappa shape index (κ2) is 7.59. The predicted molar refractivity (Wildman–Crippen MR) is 104 cm³/mol. The quantitative estimate of drug-likeness (QED) is 0.537. The lowest BCUT2D eigenvalue weighted by Crippen LogP contribution is -2.52. The highest BCUT2D eigenvalue weighted by molar-refractivity contribution is 9.10. The summed E-state index contributed by atoms with van der Waals surface area (Å²) in [5.74, 6) is 0.599. The van der Waals surface area contributed by atoms with E-state index in [1.165, 1.54) is 48.8 Å². The zero-order valence-electron chi connectivity index (χ0n) is 14.7. The summed E-state index contributed by atoms with van der Waals surface area (Å²) in [6, 6.07) is 2.51.